The van der Waals surface area contributed by atoms with E-state index < -0.39 is 23.5 Å². The van der Waals surface area contributed by atoms with Crippen LogP contribution in [0.1, 0.15) is 53.4 Å². The Hall–Kier alpha value is -4.16. The number of hydrogen-bond acceptors (Lipinski definition) is 9. The highest BCUT2D eigenvalue weighted by Gasteiger charge is 2.42. The molecule has 2 aliphatic heterocycles. The first-order valence-corrected chi connectivity index (χ1v) is 16.5. The second-order valence-corrected chi connectivity index (χ2v) is 13.7. The van der Waals surface area contributed by atoms with Gasteiger partial charge in [-0.2, -0.15) is 0 Å². The van der Waals surface area contributed by atoms with Crippen LogP contribution in [0.3, 0.4) is 0 Å². The van der Waals surface area contributed by atoms with Gasteiger partial charge in [0.25, 0.3) is 0 Å². The van der Waals surface area contributed by atoms with Crippen molar-refractivity contribution in [2.75, 3.05) is 49.3 Å². The number of nitrogens with one attached hydrogen (secondary N) is 4. The molecule has 3 unspecified atom stereocenters. The third kappa shape index (κ3) is 7.54. The minimum absolute atomic E-state index is 0.279. The average Bonchev–Trinajstić information content (AvgIpc) is 3.76. The van der Waals surface area contributed by atoms with Crippen LogP contribution in [0.25, 0.3) is 10.9 Å². The van der Waals surface area contributed by atoms with E-state index in [2.05, 4.69) is 36.1 Å². The molecule has 2 fully saturated rings. The number of carbonyl (C=O) groups excluding carboxylic acids is 3. The minimum Gasteiger partial charge on any atom is -0.494 e. The van der Waals surface area contributed by atoms with Gasteiger partial charge in [0.15, 0.2) is 0 Å². The van der Waals surface area contributed by atoms with Crippen molar-refractivity contribution in [2.45, 2.75) is 71.5 Å². The maximum Gasteiger partial charge on any atom is 0.247 e. The van der Waals surface area contributed by atoms with Gasteiger partial charge in [0.1, 0.15) is 30.0 Å². The molecule has 47 heavy (non-hydrogen) atoms. The molecule has 0 radical (unpaired) electrons. The highest BCUT2D eigenvalue weighted by atomic mass is 35.5. The molecule has 5 rings (SSSR count). The lowest BCUT2D eigenvalue weighted by Gasteiger charge is -2.36. The Bertz CT molecular complexity index is 1640. The molecule has 252 valence electrons. The number of carbonyl (C=O) groups is 3. The molecule has 4 N–H and O–H groups in total. The summed E-state index contributed by atoms with van der Waals surface area (Å²) in [7, 11) is 3.21. The van der Waals surface area contributed by atoms with Gasteiger partial charge in [-0.15, -0.1) is 0 Å². The monoisotopic (exact) mass is 664 g/mol. The van der Waals surface area contributed by atoms with Crippen LogP contribution in [0.2, 0.25) is 5.02 Å². The molecule has 2 saturated heterocycles. The van der Waals surface area contributed by atoms with E-state index in [0.717, 1.165) is 37.3 Å². The molecule has 2 aromatic carbocycles. The Morgan fingerprint density at radius 2 is 1.79 bits per heavy atom. The van der Waals surface area contributed by atoms with Gasteiger partial charge in [0.05, 0.1) is 35.1 Å². The first-order valence-electron chi connectivity index (χ1n) is 16.1. The number of fused-ring (bicyclic) bond motifs is 1. The van der Waals surface area contributed by atoms with Crippen LogP contribution in [-0.4, -0.2) is 84.5 Å². The van der Waals surface area contributed by atoms with E-state index in [1.807, 2.05) is 39.0 Å². The second kappa shape index (κ2) is 14.3. The molecular weight excluding hydrogens is 620 g/mol. The number of anilines is 4. The predicted octanol–water partition coefficient (Wildman–Crippen LogP) is 4.70. The van der Waals surface area contributed by atoms with Gasteiger partial charge < -0.3 is 35.8 Å². The summed E-state index contributed by atoms with van der Waals surface area (Å²) in [4.78, 5) is 53.2. The van der Waals surface area contributed by atoms with E-state index in [1.54, 1.807) is 31.0 Å². The minimum atomic E-state index is -0.807. The van der Waals surface area contributed by atoms with Gasteiger partial charge in [0.2, 0.25) is 17.7 Å². The summed E-state index contributed by atoms with van der Waals surface area (Å²) < 4.78 is 5.64. The maximum absolute atomic E-state index is 13.9. The van der Waals surface area contributed by atoms with E-state index in [-0.39, 0.29) is 17.7 Å². The maximum atomic E-state index is 13.9. The number of benzene rings is 2. The van der Waals surface area contributed by atoms with E-state index in [4.69, 9.17) is 16.3 Å². The predicted molar refractivity (Wildman–Crippen MR) is 186 cm³/mol. The Morgan fingerprint density at radius 3 is 2.45 bits per heavy atom. The number of likely N-dealkylation sites (tertiary alicyclic amines) is 1. The average molecular weight is 665 g/mol. The normalized spacial score (nSPS) is 17.8. The Labute approximate surface area is 281 Å². The number of methoxy groups -OCH3 is 1. The van der Waals surface area contributed by atoms with Crippen molar-refractivity contribution in [1.29, 1.82) is 0 Å². The van der Waals surface area contributed by atoms with Gasteiger partial charge in [-0.1, -0.05) is 32.4 Å². The third-order valence-corrected chi connectivity index (χ3v) is 9.24. The summed E-state index contributed by atoms with van der Waals surface area (Å²) in [6.07, 6.45) is 4.94. The van der Waals surface area contributed by atoms with Crippen molar-refractivity contribution in [3.8, 4) is 5.75 Å². The Morgan fingerprint density at radius 1 is 1.04 bits per heavy atom. The lowest BCUT2D eigenvalue weighted by Crippen LogP contribution is -2.59. The van der Waals surface area contributed by atoms with Crippen molar-refractivity contribution < 1.29 is 19.1 Å². The summed E-state index contributed by atoms with van der Waals surface area (Å²) >= 11 is 6.67. The molecule has 0 spiro atoms. The lowest BCUT2D eigenvalue weighted by atomic mass is 9.85. The summed E-state index contributed by atoms with van der Waals surface area (Å²) in [5.74, 6) is 0.0530. The quantitative estimate of drug-likeness (QED) is 0.243. The Balaban J connectivity index is 1.38. The molecule has 1 aromatic heterocycles. The number of rotatable bonds is 10. The van der Waals surface area contributed by atoms with Crippen LogP contribution in [0.5, 0.6) is 5.75 Å². The highest BCUT2D eigenvalue weighted by Crippen LogP contribution is 2.36. The topological polar surface area (TPSA) is 141 Å². The molecule has 3 atom stereocenters. The molecule has 13 heteroatoms. The second-order valence-electron chi connectivity index (χ2n) is 13.3. The van der Waals surface area contributed by atoms with Crippen LogP contribution in [0, 0.1) is 5.41 Å². The fourth-order valence-electron chi connectivity index (χ4n) is 6.12. The van der Waals surface area contributed by atoms with E-state index in [0.29, 0.717) is 52.6 Å². The van der Waals surface area contributed by atoms with Crippen LogP contribution >= 0.6 is 11.6 Å². The number of likely N-dealkylation sites (N-methyl/N-ethyl adjacent to an activating group) is 1. The number of amides is 3. The van der Waals surface area contributed by atoms with Gasteiger partial charge in [-0.25, -0.2) is 9.97 Å². The first kappa shape index (κ1) is 34.2. The van der Waals surface area contributed by atoms with Crippen LogP contribution in [0.15, 0.2) is 36.7 Å². The fourth-order valence-corrected chi connectivity index (χ4v) is 6.42. The SMILES string of the molecule is CNC(C)C(=O)NC(C(=O)N1CCCC1C(=O)Nc1cc2c(Nc3ccc(N4CCCC4)c(Cl)c3)ncnc2cc1OC)C(C)(C)C. The van der Waals surface area contributed by atoms with E-state index in [9.17, 15) is 14.4 Å². The summed E-state index contributed by atoms with van der Waals surface area (Å²) in [6.45, 7) is 9.83. The van der Waals surface area contributed by atoms with Crippen LogP contribution < -0.4 is 30.9 Å². The first-order chi connectivity index (χ1) is 22.4. The zero-order valence-electron chi connectivity index (χ0n) is 27.9. The zero-order valence-corrected chi connectivity index (χ0v) is 28.7. The van der Waals surface area contributed by atoms with Gasteiger partial charge in [0, 0.05) is 36.8 Å². The van der Waals surface area contributed by atoms with Gasteiger partial charge >= 0.3 is 0 Å². The van der Waals surface area contributed by atoms with Crippen molar-refractivity contribution in [3.05, 3.63) is 41.7 Å². The van der Waals surface area contributed by atoms with Gasteiger partial charge in [-0.05, 0) is 69.3 Å². The number of aromatic nitrogens is 2. The Kier molecular flexibility index (Phi) is 10.4. The van der Waals surface area contributed by atoms with Crippen LogP contribution in [-0.2, 0) is 14.4 Å². The molecule has 3 heterocycles. The molecular formula is C34H45ClN8O4. The lowest BCUT2D eigenvalue weighted by molar-refractivity contribution is -0.143. The van der Waals surface area contributed by atoms with Crippen LogP contribution in [0.4, 0.5) is 22.9 Å². The molecule has 0 bridgehead atoms. The molecule has 0 aliphatic carbocycles. The summed E-state index contributed by atoms with van der Waals surface area (Å²) in [5, 5.41) is 13.5. The summed E-state index contributed by atoms with van der Waals surface area (Å²) in [5.41, 5.74) is 2.25. The zero-order chi connectivity index (χ0) is 33.9. The van der Waals surface area contributed by atoms with Crippen molar-refractivity contribution >= 4 is 63.1 Å². The molecule has 0 saturated carbocycles. The molecule has 2 aliphatic rings. The number of hydrogen-bond donors (Lipinski definition) is 4. The highest BCUT2D eigenvalue weighted by molar-refractivity contribution is 6.33. The number of ether oxygens (including phenoxy) is 1. The van der Waals surface area contributed by atoms with E-state index >= 15 is 0 Å². The standard InChI is InChI=1S/C34H45ClN8O4/c1-20(36-5)31(44)41-29(34(2,3)4)33(46)43-15-9-10-27(43)32(45)40-25-17-22-24(18-28(25)47-6)37-19-38-30(22)39-21-11-12-26(23(35)16-21)42-13-7-8-14-42/h11-12,16-20,27,29,36H,7-10,13-15H2,1-6H3,(H,40,45)(H,41,44)(H,37,38,39). The molecule has 3 aromatic rings. The number of nitrogens with zero attached hydrogens (tertiary/aromatic N) is 4. The van der Waals surface area contributed by atoms with E-state index in [1.165, 1.54) is 13.4 Å². The molecule has 12 nitrogen and oxygen atoms in total. The summed E-state index contributed by atoms with van der Waals surface area (Å²) in [6, 6.07) is 7.39. The fraction of sp³-hybridized carbons (Fsp3) is 0.500. The van der Waals surface area contributed by atoms with Crippen molar-refractivity contribution in [3.63, 3.8) is 0 Å². The largest absolute Gasteiger partial charge is 0.494 e. The smallest absolute Gasteiger partial charge is 0.247 e. The third-order valence-electron chi connectivity index (χ3n) is 8.94. The van der Waals surface area contributed by atoms with Crippen molar-refractivity contribution in [1.82, 2.24) is 25.5 Å². The van der Waals surface area contributed by atoms with Gasteiger partial charge in [-0.3, -0.25) is 14.4 Å². The number of halogens is 1. The molecule has 3 amide bonds. The van der Waals surface area contributed by atoms with Crippen molar-refractivity contribution in [2.24, 2.45) is 5.41 Å².